The highest BCUT2D eigenvalue weighted by atomic mass is 16.3. The largest absolute Gasteiger partial charge is 0.454 e. The van der Waals surface area contributed by atoms with E-state index in [9.17, 15) is 0 Å². The number of aromatic nitrogens is 1. The molecule has 0 fully saturated rings. The van der Waals surface area contributed by atoms with Gasteiger partial charge in [-0.05, 0) is 91.0 Å². The van der Waals surface area contributed by atoms with Crippen molar-refractivity contribution >= 4 is 65.3 Å². The van der Waals surface area contributed by atoms with Crippen molar-refractivity contribution in [3.8, 4) is 27.9 Å². The van der Waals surface area contributed by atoms with E-state index >= 15 is 0 Å². The average molecular weight is 560 g/mol. The molecular weight excluding hydrogens is 534 g/mol. The number of fused-ring (bicyclic) bond motifs is 5. The van der Waals surface area contributed by atoms with Crippen LogP contribution in [-0.4, -0.2) is 4.57 Å². The highest BCUT2D eigenvalue weighted by Crippen LogP contribution is 2.43. The molecule has 204 valence electrons. The molecule has 2 nitrogen and oxygen atoms in total. The van der Waals surface area contributed by atoms with Gasteiger partial charge in [-0.2, -0.15) is 0 Å². The number of para-hydroxylation sites is 1. The zero-order valence-electron chi connectivity index (χ0n) is 23.8. The molecule has 44 heavy (non-hydrogen) atoms. The summed E-state index contributed by atoms with van der Waals surface area (Å²) in [6, 6.07) is 54.8. The van der Waals surface area contributed by atoms with Gasteiger partial charge in [-0.25, -0.2) is 0 Å². The number of benzene rings is 8. The van der Waals surface area contributed by atoms with E-state index < -0.39 is 0 Å². The number of hydrogen-bond donors (Lipinski definition) is 0. The summed E-state index contributed by atoms with van der Waals surface area (Å²) in [4.78, 5) is 0. The quantitative estimate of drug-likeness (QED) is 0.197. The van der Waals surface area contributed by atoms with E-state index in [1.807, 2.05) is 6.07 Å². The summed E-state index contributed by atoms with van der Waals surface area (Å²) < 4.78 is 9.00. The van der Waals surface area contributed by atoms with Crippen LogP contribution in [0.2, 0.25) is 0 Å². The smallest absolute Gasteiger partial charge is 0.161 e. The summed E-state index contributed by atoms with van der Waals surface area (Å²) >= 11 is 0. The minimum Gasteiger partial charge on any atom is -0.454 e. The molecule has 10 aromatic rings. The van der Waals surface area contributed by atoms with Crippen molar-refractivity contribution in [2.45, 2.75) is 0 Å². The Labute approximate surface area is 253 Å². The van der Waals surface area contributed by atoms with E-state index in [-0.39, 0.29) is 0 Å². The van der Waals surface area contributed by atoms with Gasteiger partial charge >= 0.3 is 0 Å². The molecule has 2 heteroatoms. The first kappa shape index (κ1) is 23.7. The van der Waals surface area contributed by atoms with Crippen molar-refractivity contribution in [3.63, 3.8) is 0 Å². The fourth-order valence-corrected chi connectivity index (χ4v) is 7.35. The monoisotopic (exact) mass is 559 g/mol. The number of hydrogen-bond acceptors (Lipinski definition) is 1. The molecule has 0 aliphatic carbocycles. The summed E-state index contributed by atoms with van der Waals surface area (Å²) in [5.41, 5.74) is 10.0. The Balaban J connectivity index is 1.26. The predicted molar refractivity (Wildman–Crippen MR) is 185 cm³/mol. The molecule has 0 saturated carbocycles. The van der Waals surface area contributed by atoms with E-state index in [1.54, 1.807) is 0 Å². The van der Waals surface area contributed by atoms with Gasteiger partial charge in [0.2, 0.25) is 0 Å². The van der Waals surface area contributed by atoms with Gasteiger partial charge in [0.1, 0.15) is 11.1 Å². The molecule has 2 heterocycles. The first-order valence-electron chi connectivity index (χ1n) is 15.1. The maximum absolute atomic E-state index is 6.63. The molecule has 0 aliphatic rings. The molecule has 10 rings (SSSR count). The minimum absolute atomic E-state index is 0.903. The van der Waals surface area contributed by atoms with Crippen LogP contribution in [0, 0.1) is 0 Å². The summed E-state index contributed by atoms with van der Waals surface area (Å²) in [7, 11) is 0. The van der Waals surface area contributed by atoms with Crippen molar-refractivity contribution in [1.29, 1.82) is 0 Å². The summed E-state index contributed by atoms with van der Waals surface area (Å²) in [5.74, 6) is 0. The van der Waals surface area contributed by atoms with Crippen LogP contribution in [0.1, 0.15) is 0 Å². The Morgan fingerprint density at radius 3 is 2.05 bits per heavy atom. The van der Waals surface area contributed by atoms with Crippen LogP contribution in [0.5, 0.6) is 0 Å². The maximum Gasteiger partial charge on any atom is 0.161 e. The molecule has 0 atom stereocenters. The van der Waals surface area contributed by atoms with Gasteiger partial charge in [-0.1, -0.05) is 115 Å². The third-order valence-corrected chi connectivity index (χ3v) is 9.33. The van der Waals surface area contributed by atoms with Crippen LogP contribution in [0.4, 0.5) is 0 Å². The van der Waals surface area contributed by atoms with Gasteiger partial charge in [-0.15, -0.1) is 0 Å². The Hall–Kier alpha value is -5.86. The van der Waals surface area contributed by atoms with E-state index in [0.29, 0.717) is 0 Å². The third-order valence-electron chi connectivity index (χ3n) is 9.33. The Morgan fingerprint density at radius 2 is 1.16 bits per heavy atom. The highest BCUT2D eigenvalue weighted by molar-refractivity contribution is 6.26. The third kappa shape index (κ3) is 3.25. The van der Waals surface area contributed by atoms with Gasteiger partial charge in [0, 0.05) is 16.5 Å². The zero-order chi connectivity index (χ0) is 28.8. The van der Waals surface area contributed by atoms with Crippen molar-refractivity contribution in [1.82, 2.24) is 4.57 Å². The number of furan rings is 1. The van der Waals surface area contributed by atoms with Crippen LogP contribution < -0.4 is 0 Å². The minimum atomic E-state index is 0.903. The van der Waals surface area contributed by atoms with Crippen molar-refractivity contribution in [3.05, 3.63) is 152 Å². The van der Waals surface area contributed by atoms with E-state index in [0.717, 1.165) is 38.7 Å². The summed E-state index contributed by atoms with van der Waals surface area (Å²) in [5, 5.41) is 10.0. The van der Waals surface area contributed by atoms with Gasteiger partial charge in [0.15, 0.2) is 5.58 Å². The van der Waals surface area contributed by atoms with E-state index in [1.165, 1.54) is 54.6 Å². The molecule has 8 aromatic carbocycles. The zero-order valence-corrected chi connectivity index (χ0v) is 23.8. The van der Waals surface area contributed by atoms with Gasteiger partial charge in [-0.3, -0.25) is 0 Å². The van der Waals surface area contributed by atoms with Crippen LogP contribution in [0.3, 0.4) is 0 Å². The van der Waals surface area contributed by atoms with Gasteiger partial charge < -0.3 is 8.98 Å². The lowest BCUT2D eigenvalue weighted by atomic mass is 9.89. The Kier molecular flexibility index (Phi) is 4.75. The molecule has 0 N–H and O–H groups in total. The standard InChI is InChI=1S/C42H25NO/c1-2-8-26(9-3-1)30-12-7-13-32(24-30)43-37-23-20-31(25-36(37)42-41(43)35-14-4-5-15-38(35)44-42)33-21-18-29-17-16-27-10-6-11-28-19-22-34(33)40(29)39(27)28/h1-25H. The fraction of sp³-hybridized carbons (Fsp3) is 0. The Bertz CT molecular complexity index is 2690. The molecule has 0 unspecified atom stereocenters. The van der Waals surface area contributed by atoms with Crippen molar-refractivity contribution in [2.24, 2.45) is 0 Å². The highest BCUT2D eigenvalue weighted by Gasteiger charge is 2.21. The van der Waals surface area contributed by atoms with Crippen LogP contribution in [0.15, 0.2) is 156 Å². The molecule has 2 aromatic heterocycles. The predicted octanol–water partition coefficient (Wildman–Crippen LogP) is 11.8. The maximum atomic E-state index is 6.63. The van der Waals surface area contributed by atoms with Crippen molar-refractivity contribution < 1.29 is 4.42 Å². The second-order valence-corrected chi connectivity index (χ2v) is 11.7. The lowest BCUT2D eigenvalue weighted by Gasteiger charge is -2.14. The van der Waals surface area contributed by atoms with Gasteiger partial charge in [0.25, 0.3) is 0 Å². The summed E-state index contributed by atoms with van der Waals surface area (Å²) in [6.45, 7) is 0. The first-order chi connectivity index (χ1) is 21.8. The van der Waals surface area contributed by atoms with Crippen molar-refractivity contribution in [2.75, 3.05) is 0 Å². The number of nitrogens with zero attached hydrogens (tertiary/aromatic N) is 1. The molecular formula is C42H25NO. The SMILES string of the molecule is c1ccc(-c2cccc(-n3c4ccc(-c5ccc6ccc7cccc8ccc5c6c78)cc4c4oc5ccccc5c43)c2)cc1. The van der Waals surface area contributed by atoms with Gasteiger partial charge in [0.05, 0.1) is 5.52 Å². The lowest BCUT2D eigenvalue weighted by molar-refractivity contribution is 0.673. The topological polar surface area (TPSA) is 18.1 Å². The molecule has 0 saturated heterocycles. The molecule has 0 amide bonds. The molecule has 0 spiro atoms. The average Bonchev–Trinajstić information content (AvgIpc) is 3.62. The molecule has 0 radical (unpaired) electrons. The Morgan fingerprint density at radius 1 is 0.432 bits per heavy atom. The van der Waals surface area contributed by atoms with Crippen LogP contribution in [-0.2, 0) is 0 Å². The number of rotatable bonds is 3. The molecule has 0 bridgehead atoms. The van der Waals surface area contributed by atoms with Crippen LogP contribution in [0.25, 0.3) is 93.2 Å². The summed E-state index contributed by atoms with van der Waals surface area (Å²) in [6.07, 6.45) is 0. The lowest BCUT2D eigenvalue weighted by Crippen LogP contribution is -1.94. The molecule has 0 aliphatic heterocycles. The first-order valence-corrected chi connectivity index (χ1v) is 15.1. The van der Waals surface area contributed by atoms with Crippen LogP contribution >= 0.6 is 0 Å². The second-order valence-electron chi connectivity index (χ2n) is 11.7. The normalized spacial score (nSPS) is 12.1. The van der Waals surface area contributed by atoms with E-state index in [2.05, 4.69) is 150 Å². The fourth-order valence-electron chi connectivity index (χ4n) is 7.35. The second kappa shape index (κ2) is 8.82. The van der Waals surface area contributed by atoms with E-state index in [4.69, 9.17) is 4.42 Å².